The molecule has 0 aliphatic carbocycles. The largest absolute Gasteiger partial charge is 0.481 e. The van der Waals surface area contributed by atoms with Gasteiger partial charge in [-0.2, -0.15) is 0 Å². The molecule has 2 aromatic rings. The maximum atomic E-state index is 12.3. The maximum absolute atomic E-state index is 12.3. The van der Waals surface area contributed by atoms with Crippen molar-refractivity contribution in [2.75, 3.05) is 18.0 Å². The lowest BCUT2D eigenvalue weighted by Crippen LogP contribution is -2.45. The number of carbonyl (C=O) groups is 1. The Morgan fingerprint density at radius 2 is 2.07 bits per heavy atom. The highest BCUT2D eigenvalue weighted by molar-refractivity contribution is 6.30. The summed E-state index contributed by atoms with van der Waals surface area (Å²) in [5.41, 5.74) is 0.932. The minimum Gasteiger partial charge on any atom is -0.481 e. The predicted molar refractivity (Wildman–Crippen MR) is 110 cm³/mol. The number of nitrogens with zero attached hydrogens (tertiary/aromatic N) is 2. The van der Waals surface area contributed by atoms with Crippen molar-refractivity contribution < 1.29 is 14.3 Å². The average Bonchev–Trinajstić information content (AvgIpc) is 2.65. The Labute approximate surface area is 170 Å². The summed E-state index contributed by atoms with van der Waals surface area (Å²) in [6, 6.07) is 11.0. The highest BCUT2D eigenvalue weighted by Crippen LogP contribution is 2.19. The smallest absolute Gasteiger partial charge is 0.261 e. The summed E-state index contributed by atoms with van der Waals surface area (Å²) in [7, 11) is 0. The molecule has 7 heteroatoms. The molecule has 3 rings (SSSR count). The molecule has 1 fully saturated rings. The number of hydrogen-bond donors (Lipinski definition) is 1. The Hall–Kier alpha value is -2.31. The van der Waals surface area contributed by atoms with Crippen molar-refractivity contribution >= 4 is 23.3 Å². The van der Waals surface area contributed by atoms with Crippen LogP contribution in [0, 0.1) is 0 Å². The first-order valence-electron chi connectivity index (χ1n) is 9.46. The van der Waals surface area contributed by atoms with Crippen molar-refractivity contribution in [2.24, 2.45) is 0 Å². The molecule has 1 saturated heterocycles. The van der Waals surface area contributed by atoms with Crippen molar-refractivity contribution in [1.29, 1.82) is 0 Å². The van der Waals surface area contributed by atoms with Crippen molar-refractivity contribution in [3.8, 4) is 5.75 Å². The minimum absolute atomic E-state index is 0.186. The fourth-order valence-corrected chi connectivity index (χ4v) is 3.38. The minimum atomic E-state index is -0.623. The molecule has 1 aliphatic rings. The molecular weight excluding hydrogens is 378 g/mol. The van der Waals surface area contributed by atoms with E-state index in [2.05, 4.69) is 29.0 Å². The van der Waals surface area contributed by atoms with Gasteiger partial charge in [-0.15, -0.1) is 0 Å². The van der Waals surface area contributed by atoms with Crippen molar-refractivity contribution in [3.63, 3.8) is 0 Å². The molecular formula is C21H26ClN3O3. The second kappa shape index (κ2) is 9.26. The highest BCUT2D eigenvalue weighted by Gasteiger charge is 2.23. The first-order valence-corrected chi connectivity index (χ1v) is 9.84. The lowest BCUT2D eigenvalue weighted by Gasteiger charge is -2.36. The number of aromatic nitrogens is 1. The van der Waals surface area contributed by atoms with Crippen LogP contribution in [-0.4, -0.2) is 42.3 Å². The van der Waals surface area contributed by atoms with Gasteiger partial charge in [0.25, 0.3) is 5.91 Å². The summed E-state index contributed by atoms with van der Waals surface area (Å²) in [4.78, 5) is 19.0. The standard InChI is InChI=1S/C21H26ClN3O3/c1-14-12-25(13-15(2)27-14)20-8-7-17(10-23-20)11-24-21(26)16(3)28-19-6-4-5-18(22)9-19/h4-10,14-16H,11-13H2,1-3H3,(H,24,26). The van der Waals surface area contributed by atoms with Crippen LogP contribution in [0.4, 0.5) is 5.82 Å². The van der Waals surface area contributed by atoms with Crippen LogP contribution >= 0.6 is 11.6 Å². The lowest BCUT2D eigenvalue weighted by atomic mass is 10.2. The molecule has 1 amide bonds. The first-order chi connectivity index (χ1) is 13.4. The van der Waals surface area contributed by atoms with Crippen LogP contribution < -0.4 is 15.0 Å². The van der Waals surface area contributed by atoms with Crippen molar-refractivity contribution in [3.05, 3.63) is 53.2 Å². The topological polar surface area (TPSA) is 63.7 Å². The number of rotatable bonds is 6. The lowest BCUT2D eigenvalue weighted by molar-refractivity contribution is -0.127. The number of morpholine rings is 1. The summed E-state index contributed by atoms with van der Waals surface area (Å²) in [5.74, 6) is 1.30. The second-order valence-electron chi connectivity index (χ2n) is 7.12. The van der Waals surface area contributed by atoms with E-state index in [0.717, 1.165) is 24.5 Å². The van der Waals surface area contributed by atoms with Crippen LogP contribution in [0.25, 0.3) is 0 Å². The van der Waals surface area contributed by atoms with Gasteiger partial charge in [-0.05, 0) is 50.6 Å². The van der Waals surface area contributed by atoms with Gasteiger partial charge in [0.15, 0.2) is 6.10 Å². The van der Waals surface area contributed by atoms with E-state index in [4.69, 9.17) is 21.1 Å². The van der Waals surface area contributed by atoms with Crippen LogP contribution in [0.2, 0.25) is 5.02 Å². The number of hydrogen-bond acceptors (Lipinski definition) is 5. The van der Waals surface area contributed by atoms with Crippen LogP contribution in [-0.2, 0) is 16.1 Å². The second-order valence-corrected chi connectivity index (χ2v) is 7.56. The molecule has 3 unspecified atom stereocenters. The van der Waals surface area contributed by atoms with Gasteiger partial charge in [-0.1, -0.05) is 23.7 Å². The van der Waals surface area contributed by atoms with E-state index in [-0.39, 0.29) is 18.1 Å². The van der Waals surface area contributed by atoms with Gasteiger partial charge in [-0.3, -0.25) is 4.79 Å². The summed E-state index contributed by atoms with van der Waals surface area (Å²) >= 11 is 5.94. The van der Waals surface area contributed by atoms with Gasteiger partial charge in [0, 0.05) is 30.9 Å². The zero-order chi connectivity index (χ0) is 20.1. The Kier molecular flexibility index (Phi) is 6.75. The fraction of sp³-hybridized carbons (Fsp3) is 0.429. The van der Waals surface area contributed by atoms with E-state index in [1.165, 1.54) is 0 Å². The summed E-state index contributed by atoms with van der Waals surface area (Å²) < 4.78 is 11.4. The number of nitrogens with one attached hydrogen (secondary N) is 1. The molecule has 1 aliphatic heterocycles. The zero-order valence-corrected chi connectivity index (χ0v) is 17.1. The van der Waals surface area contributed by atoms with Crippen LogP contribution in [0.15, 0.2) is 42.6 Å². The molecule has 1 aromatic carbocycles. The number of amides is 1. The van der Waals surface area contributed by atoms with Crippen molar-refractivity contribution in [1.82, 2.24) is 10.3 Å². The third-order valence-electron chi connectivity index (χ3n) is 4.50. The first kappa shape index (κ1) is 20.4. The number of pyridine rings is 1. The summed E-state index contributed by atoms with van der Waals surface area (Å²) in [6.45, 7) is 7.89. The Morgan fingerprint density at radius 3 is 2.71 bits per heavy atom. The fourth-order valence-electron chi connectivity index (χ4n) is 3.20. The number of halogens is 1. The van der Waals surface area contributed by atoms with E-state index in [0.29, 0.717) is 17.3 Å². The monoisotopic (exact) mass is 403 g/mol. The highest BCUT2D eigenvalue weighted by atomic mass is 35.5. The number of benzene rings is 1. The molecule has 6 nitrogen and oxygen atoms in total. The quantitative estimate of drug-likeness (QED) is 0.800. The van der Waals surface area contributed by atoms with E-state index in [1.54, 1.807) is 37.4 Å². The molecule has 28 heavy (non-hydrogen) atoms. The number of carbonyl (C=O) groups excluding carboxylic acids is 1. The predicted octanol–water partition coefficient (Wildman–Crippen LogP) is 3.43. The molecule has 1 aromatic heterocycles. The van der Waals surface area contributed by atoms with Gasteiger partial charge < -0.3 is 19.7 Å². The van der Waals surface area contributed by atoms with Crippen LogP contribution in [0.5, 0.6) is 5.75 Å². The summed E-state index contributed by atoms with van der Waals surface area (Å²) in [5, 5.41) is 3.45. The zero-order valence-electron chi connectivity index (χ0n) is 16.4. The van der Waals surface area contributed by atoms with Crippen molar-refractivity contribution in [2.45, 2.75) is 45.6 Å². The molecule has 1 N–H and O–H groups in total. The van der Waals surface area contributed by atoms with E-state index < -0.39 is 6.10 Å². The van der Waals surface area contributed by atoms with E-state index in [9.17, 15) is 4.79 Å². The molecule has 0 saturated carbocycles. The Bertz CT molecular complexity index is 790. The van der Waals surface area contributed by atoms with E-state index in [1.807, 2.05) is 12.1 Å². The third-order valence-corrected chi connectivity index (χ3v) is 4.73. The maximum Gasteiger partial charge on any atom is 0.261 e. The van der Waals surface area contributed by atoms with Gasteiger partial charge >= 0.3 is 0 Å². The average molecular weight is 404 g/mol. The Morgan fingerprint density at radius 1 is 1.32 bits per heavy atom. The van der Waals surface area contributed by atoms with Crippen LogP contribution in [0.3, 0.4) is 0 Å². The van der Waals surface area contributed by atoms with Crippen LogP contribution in [0.1, 0.15) is 26.3 Å². The van der Waals surface area contributed by atoms with E-state index >= 15 is 0 Å². The van der Waals surface area contributed by atoms with Gasteiger partial charge in [0.2, 0.25) is 0 Å². The van der Waals surface area contributed by atoms with Gasteiger partial charge in [0.05, 0.1) is 12.2 Å². The number of anilines is 1. The SMILES string of the molecule is CC1CN(c2ccc(CNC(=O)C(C)Oc3cccc(Cl)c3)cn2)CC(C)O1. The van der Waals surface area contributed by atoms with Gasteiger partial charge in [0.1, 0.15) is 11.6 Å². The molecule has 0 spiro atoms. The Balaban J connectivity index is 1.50. The molecule has 0 bridgehead atoms. The molecule has 0 radical (unpaired) electrons. The molecule has 2 heterocycles. The summed E-state index contributed by atoms with van der Waals surface area (Å²) in [6.07, 6.45) is 1.54. The van der Waals surface area contributed by atoms with Gasteiger partial charge in [-0.25, -0.2) is 4.98 Å². The number of ether oxygens (including phenoxy) is 2. The third kappa shape index (κ3) is 5.59. The molecule has 3 atom stereocenters. The normalized spacial score (nSPS) is 20.5. The molecule has 150 valence electrons.